The summed E-state index contributed by atoms with van der Waals surface area (Å²) in [4.78, 5) is 21.1. The molecule has 1 rings (SSSR count). The summed E-state index contributed by atoms with van der Waals surface area (Å²) >= 11 is 5.75. The first-order valence-corrected chi connectivity index (χ1v) is 7.76. The molecule has 8 nitrogen and oxygen atoms in total. The van der Waals surface area contributed by atoms with Crippen LogP contribution in [0.1, 0.15) is 20.3 Å². The molecule has 3 N–H and O–H groups in total. The maximum atomic E-state index is 12.1. The highest BCUT2D eigenvalue weighted by Gasteiger charge is 2.27. The Morgan fingerprint density at radius 1 is 1.52 bits per heavy atom. The molecule has 0 aliphatic carbocycles. The van der Waals surface area contributed by atoms with E-state index in [4.69, 9.17) is 17.3 Å². The summed E-state index contributed by atoms with van der Waals surface area (Å²) in [7, 11) is -4.31. The number of nitro groups is 1. The van der Waals surface area contributed by atoms with Crippen molar-refractivity contribution in [3.63, 3.8) is 0 Å². The van der Waals surface area contributed by atoms with Gasteiger partial charge >= 0.3 is 0 Å². The van der Waals surface area contributed by atoms with Crippen LogP contribution < -0.4 is 10.5 Å². The zero-order valence-corrected chi connectivity index (χ0v) is 12.9. The number of benzene rings is 1. The molecular formula is C11H14ClN3O5S. The molecule has 0 spiro atoms. The SMILES string of the molecule is CC[C@H](C)C(=O)NS(=O)(=O)c1cc([N+](=O)[O-])c(N)cc1Cl. The Bertz CT molecular complexity index is 689. The summed E-state index contributed by atoms with van der Waals surface area (Å²) in [6.07, 6.45) is 0.441. The van der Waals surface area contributed by atoms with E-state index < -0.39 is 37.4 Å². The number of carbonyl (C=O) groups excluding carboxylic acids is 1. The van der Waals surface area contributed by atoms with E-state index >= 15 is 0 Å². The number of anilines is 1. The normalized spacial score (nSPS) is 12.7. The summed E-state index contributed by atoms with van der Waals surface area (Å²) in [5.74, 6) is -1.24. The maximum Gasteiger partial charge on any atom is 0.293 e. The first-order valence-electron chi connectivity index (χ1n) is 5.90. The zero-order valence-electron chi connectivity index (χ0n) is 11.3. The number of nitrogens with two attached hydrogens (primary N) is 1. The van der Waals surface area contributed by atoms with Crippen molar-refractivity contribution in [2.45, 2.75) is 25.2 Å². The van der Waals surface area contributed by atoms with Gasteiger partial charge in [-0.05, 0) is 12.5 Å². The molecule has 116 valence electrons. The highest BCUT2D eigenvalue weighted by atomic mass is 35.5. The fourth-order valence-corrected chi connectivity index (χ4v) is 3.03. The molecule has 10 heteroatoms. The van der Waals surface area contributed by atoms with Gasteiger partial charge in [0.2, 0.25) is 5.91 Å². The first-order chi connectivity index (χ1) is 9.60. The van der Waals surface area contributed by atoms with Gasteiger partial charge in [-0.3, -0.25) is 14.9 Å². The molecular weight excluding hydrogens is 322 g/mol. The monoisotopic (exact) mass is 335 g/mol. The second-order valence-electron chi connectivity index (χ2n) is 4.38. The zero-order chi connectivity index (χ0) is 16.4. The lowest BCUT2D eigenvalue weighted by Crippen LogP contribution is -2.34. The van der Waals surface area contributed by atoms with E-state index in [1.165, 1.54) is 0 Å². The molecule has 0 saturated heterocycles. The fraction of sp³-hybridized carbons (Fsp3) is 0.364. The lowest BCUT2D eigenvalue weighted by atomic mass is 10.1. The van der Waals surface area contributed by atoms with Gasteiger partial charge in [0.25, 0.3) is 15.7 Å². The van der Waals surface area contributed by atoms with Gasteiger partial charge < -0.3 is 5.73 Å². The van der Waals surface area contributed by atoms with Crippen LogP contribution in [0, 0.1) is 16.0 Å². The van der Waals surface area contributed by atoms with Gasteiger partial charge in [-0.25, -0.2) is 13.1 Å². The van der Waals surface area contributed by atoms with Gasteiger partial charge in [0.1, 0.15) is 10.6 Å². The lowest BCUT2D eigenvalue weighted by molar-refractivity contribution is -0.384. The van der Waals surface area contributed by atoms with Crippen molar-refractivity contribution < 1.29 is 18.1 Å². The van der Waals surface area contributed by atoms with Crippen LogP contribution in [0.15, 0.2) is 17.0 Å². The van der Waals surface area contributed by atoms with Crippen molar-refractivity contribution >= 4 is 38.9 Å². The largest absolute Gasteiger partial charge is 0.393 e. The molecule has 1 aromatic rings. The van der Waals surface area contributed by atoms with Crippen LogP contribution in [0.25, 0.3) is 0 Å². The van der Waals surface area contributed by atoms with Gasteiger partial charge in [-0.1, -0.05) is 25.4 Å². The molecule has 0 saturated carbocycles. The second-order valence-corrected chi connectivity index (χ2v) is 6.44. The molecule has 21 heavy (non-hydrogen) atoms. The summed E-state index contributed by atoms with van der Waals surface area (Å²) in [6.45, 7) is 3.27. The number of nitro benzene ring substituents is 1. The Morgan fingerprint density at radius 2 is 2.10 bits per heavy atom. The van der Waals surface area contributed by atoms with Crippen LogP contribution in [-0.4, -0.2) is 19.2 Å². The second kappa shape index (κ2) is 6.27. The Balaban J connectivity index is 3.29. The molecule has 1 atom stereocenters. The Labute approximate surface area is 126 Å². The number of hydrogen-bond donors (Lipinski definition) is 2. The highest BCUT2D eigenvalue weighted by molar-refractivity contribution is 7.90. The number of nitrogen functional groups attached to an aromatic ring is 1. The topological polar surface area (TPSA) is 132 Å². The van der Waals surface area contributed by atoms with E-state index in [0.29, 0.717) is 6.42 Å². The molecule has 0 aliphatic rings. The minimum atomic E-state index is -4.31. The molecule has 0 aliphatic heterocycles. The predicted octanol–water partition coefficient (Wildman–Crippen LogP) is 1.68. The van der Waals surface area contributed by atoms with Crippen LogP contribution in [0.4, 0.5) is 11.4 Å². The predicted molar refractivity (Wildman–Crippen MR) is 77.3 cm³/mol. The van der Waals surface area contributed by atoms with Gasteiger partial charge in [-0.15, -0.1) is 0 Å². The van der Waals surface area contributed by atoms with Crippen molar-refractivity contribution in [2.24, 2.45) is 5.92 Å². The number of halogens is 1. The maximum absolute atomic E-state index is 12.1. The average Bonchev–Trinajstić information content (AvgIpc) is 2.36. The molecule has 0 heterocycles. The molecule has 0 fully saturated rings. The molecule has 0 unspecified atom stereocenters. The first kappa shape index (κ1) is 17.2. The summed E-state index contributed by atoms with van der Waals surface area (Å²) < 4.78 is 26.0. The van der Waals surface area contributed by atoms with E-state index in [1.807, 2.05) is 4.72 Å². The van der Waals surface area contributed by atoms with Gasteiger partial charge in [0, 0.05) is 12.0 Å². The molecule has 1 aromatic carbocycles. The number of nitrogens with one attached hydrogen (secondary N) is 1. The smallest absolute Gasteiger partial charge is 0.293 e. The molecule has 0 aromatic heterocycles. The minimum Gasteiger partial charge on any atom is -0.393 e. The van der Waals surface area contributed by atoms with Crippen LogP contribution >= 0.6 is 11.6 Å². The third kappa shape index (κ3) is 3.82. The Hall–Kier alpha value is -1.87. The van der Waals surface area contributed by atoms with Crippen LogP contribution in [-0.2, 0) is 14.8 Å². The van der Waals surface area contributed by atoms with E-state index in [1.54, 1.807) is 13.8 Å². The molecule has 0 radical (unpaired) electrons. The van der Waals surface area contributed by atoms with Crippen molar-refractivity contribution in [3.8, 4) is 0 Å². The third-order valence-electron chi connectivity index (χ3n) is 2.86. The van der Waals surface area contributed by atoms with Crippen molar-refractivity contribution in [1.29, 1.82) is 0 Å². The van der Waals surface area contributed by atoms with Crippen molar-refractivity contribution in [2.75, 3.05) is 5.73 Å². The quantitative estimate of drug-likeness (QED) is 0.478. The van der Waals surface area contributed by atoms with Crippen LogP contribution in [0.3, 0.4) is 0 Å². The van der Waals surface area contributed by atoms with Crippen LogP contribution in [0.2, 0.25) is 5.02 Å². The number of sulfonamides is 1. The van der Waals surface area contributed by atoms with Gasteiger partial charge in [0.05, 0.1) is 9.95 Å². The highest BCUT2D eigenvalue weighted by Crippen LogP contribution is 2.31. The van der Waals surface area contributed by atoms with E-state index in [0.717, 1.165) is 12.1 Å². The summed E-state index contributed by atoms with van der Waals surface area (Å²) in [5, 5.41) is 10.5. The number of amides is 1. The number of hydrogen-bond acceptors (Lipinski definition) is 6. The van der Waals surface area contributed by atoms with Crippen molar-refractivity contribution in [1.82, 2.24) is 4.72 Å². The van der Waals surface area contributed by atoms with E-state index in [-0.39, 0.29) is 10.7 Å². The van der Waals surface area contributed by atoms with Gasteiger partial charge in [-0.2, -0.15) is 0 Å². The van der Waals surface area contributed by atoms with Crippen LogP contribution in [0.5, 0.6) is 0 Å². The minimum absolute atomic E-state index is 0.266. The van der Waals surface area contributed by atoms with E-state index in [9.17, 15) is 23.3 Å². The number of carbonyl (C=O) groups is 1. The summed E-state index contributed by atoms with van der Waals surface area (Å²) in [6, 6.07) is 1.69. The standard InChI is InChI=1S/C11H14ClN3O5S/c1-3-6(2)11(16)14-21(19,20)10-5-9(15(17)18)8(13)4-7(10)12/h4-6H,3,13H2,1-2H3,(H,14,16)/t6-/m0/s1. The Morgan fingerprint density at radius 3 is 2.57 bits per heavy atom. The average molecular weight is 336 g/mol. The third-order valence-corrected chi connectivity index (χ3v) is 4.67. The number of rotatable bonds is 5. The molecule has 1 amide bonds. The number of nitrogens with zero attached hydrogens (tertiary/aromatic N) is 1. The van der Waals surface area contributed by atoms with Crippen molar-refractivity contribution in [3.05, 3.63) is 27.3 Å². The lowest BCUT2D eigenvalue weighted by Gasteiger charge is -2.12. The molecule has 0 bridgehead atoms. The fourth-order valence-electron chi connectivity index (χ4n) is 1.40. The van der Waals surface area contributed by atoms with Gasteiger partial charge in [0.15, 0.2) is 0 Å². The van der Waals surface area contributed by atoms with E-state index in [2.05, 4.69) is 0 Å². The Kier molecular flexibility index (Phi) is 5.13. The summed E-state index contributed by atoms with van der Waals surface area (Å²) in [5.41, 5.74) is 4.53.